The van der Waals surface area contributed by atoms with E-state index >= 15 is 0 Å². The van der Waals surface area contributed by atoms with E-state index in [0.29, 0.717) is 0 Å². The molecule has 8 nitrogen and oxygen atoms in total. The zero-order valence-corrected chi connectivity index (χ0v) is 18.8. The van der Waals surface area contributed by atoms with E-state index < -0.39 is 43.7 Å². The van der Waals surface area contributed by atoms with E-state index in [9.17, 15) is 29.3 Å². The van der Waals surface area contributed by atoms with Gasteiger partial charge >= 0.3 is 0 Å². The summed E-state index contributed by atoms with van der Waals surface area (Å²) in [4.78, 5) is 57.1. The Bertz CT molecular complexity index is 1180. The van der Waals surface area contributed by atoms with Crippen LogP contribution in [-0.2, 0) is 0 Å². The molecule has 2 N–H and O–H groups in total. The van der Waals surface area contributed by atoms with Crippen molar-refractivity contribution >= 4 is 80.9 Å². The Kier molecular flexibility index (Phi) is 6.90. The number of ketones is 4. The van der Waals surface area contributed by atoms with E-state index in [-0.39, 0.29) is 39.5 Å². The summed E-state index contributed by atoms with van der Waals surface area (Å²) < 4.78 is 0. The highest BCUT2D eigenvalue weighted by Gasteiger charge is 2.43. The lowest BCUT2D eigenvalue weighted by Crippen LogP contribution is -2.38. The molecule has 2 aliphatic carbocycles. The lowest BCUT2D eigenvalue weighted by Gasteiger charge is -2.23. The van der Waals surface area contributed by atoms with Crippen LogP contribution < -0.4 is 5.73 Å². The Morgan fingerprint density at radius 3 is 1.59 bits per heavy atom. The number of nitrogen functional groups attached to an aromatic ring is 1. The number of fused-ring (bicyclic) bond motifs is 2. The summed E-state index contributed by atoms with van der Waals surface area (Å²) in [6.45, 7) is 0. The standard InChI is InChI=1S/C10H5Cl2NO4.C10H7Cl2NO2/c11-7-8(12)10(15)6-4(9(7)14)2-1-3-5(6)13(16)17;11-7-8(12)10(15)6-4(9(7)14)2-1-3-5(6)13/h1-3,7-8H;1-3,7-8H,13H2. The summed E-state index contributed by atoms with van der Waals surface area (Å²) in [7, 11) is 0. The van der Waals surface area contributed by atoms with Gasteiger partial charge in [-0.1, -0.05) is 24.3 Å². The number of alkyl halides is 4. The number of rotatable bonds is 1. The zero-order chi connectivity index (χ0) is 23.9. The maximum atomic E-state index is 11.8. The molecule has 0 heterocycles. The second kappa shape index (κ2) is 9.15. The molecule has 4 atom stereocenters. The minimum atomic E-state index is -1.27. The molecule has 0 bridgehead atoms. The number of halogens is 4. The average molecular weight is 518 g/mol. The van der Waals surface area contributed by atoms with Crippen molar-refractivity contribution in [3.05, 3.63) is 68.8 Å². The number of nitrogens with zero attached hydrogens (tertiary/aromatic N) is 1. The number of nitrogens with two attached hydrogens (primary N) is 1. The highest BCUT2D eigenvalue weighted by Crippen LogP contribution is 2.34. The van der Waals surface area contributed by atoms with Gasteiger partial charge in [0.05, 0.1) is 10.5 Å². The van der Waals surface area contributed by atoms with Crippen LogP contribution in [0.2, 0.25) is 0 Å². The van der Waals surface area contributed by atoms with Gasteiger partial charge in [0.1, 0.15) is 27.1 Å². The molecular weight excluding hydrogens is 506 g/mol. The summed E-state index contributed by atoms with van der Waals surface area (Å²) in [6, 6.07) is 8.52. The highest BCUT2D eigenvalue weighted by atomic mass is 35.5. The van der Waals surface area contributed by atoms with Gasteiger partial charge in [-0.3, -0.25) is 29.3 Å². The van der Waals surface area contributed by atoms with Gasteiger partial charge in [-0.05, 0) is 6.07 Å². The third kappa shape index (κ3) is 3.99. The van der Waals surface area contributed by atoms with Gasteiger partial charge < -0.3 is 5.73 Å². The fourth-order valence-electron chi connectivity index (χ4n) is 3.31. The molecule has 4 unspecified atom stereocenters. The largest absolute Gasteiger partial charge is 0.398 e. The fourth-order valence-corrected chi connectivity index (χ4v) is 4.22. The molecule has 12 heteroatoms. The molecule has 2 aromatic rings. The van der Waals surface area contributed by atoms with Crippen LogP contribution in [0.3, 0.4) is 0 Å². The number of carbonyl (C=O) groups is 4. The molecule has 0 spiro atoms. The van der Waals surface area contributed by atoms with Crippen LogP contribution in [0, 0.1) is 10.1 Å². The molecule has 0 saturated heterocycles. The van der Waals surface area contributed by atoms with Crippen molar-refractivity contribution in [2.45, 2.75) is 21.5 Å². The monoisotopic (exact) mass is 516 g/mol. The van der Waals surface area contributed by atoms with Crippen molar-refractivity contribution in [3.63, 3.8) is 0 Å². The molecule has 0 saturated carbocycles. The zero-order valence-electron chi connectivity index (χ0n) is 15.8. The molecule has 4 rings (SSSR count). The van der Waals surface area contributed by atoms with E-state index in [1.54, 1.807) is 12.1 Å². The maximum absolute atomic E-state index is 11.8. The molecular formula is C20H12Cl4N2O6. The Morgan fingerprint density at radius 1 is 0.688 bits per heavy atom. The molecule has 2 aliphatic rings. The Balaban J connectivity index is 0.000000182. The van der Waals surface area contributed by atoms with Gasteiger partial charge in [0.2, 0.25) is 0 Å². The SMILES string of the molecule is Nc1cccc2c1C(=O)C(Cl)C(Cl)C2=O.O=C1c2cccc([N+](=O)[O-])c2C(=O)C(Cl)C1Cl. The first kappa shape index (κ1) is 24.1. The van der Waals surface area contributed by atoms with Crippen LogP contribution in [0.15, 0.2) is 36.4 Å². The summed E-state index contributed by atoms with van der Waals surface area (Å²) in [6.07, 6.45) is 0. The van der Waals surface area contributed by atoms with Crippen LogP contribution in [0.1, 0.15) is 41.4 Å². The predicted molar refractivity (Wildman–Crippen MR) is 120 cm³/mol. The van der Waals surface area contributed by atoms with Gasteiger partial charge in [-0.15, -0.1) is 46.4 Å². The third-order valence-corrected chi connectivity index (χ3v) is 6.93. The minimum Gasteiger partial charge on any atom is -0.398 e. The van der Waals surface area contributed by atoms with Gasteiger partial charge in [0.15, 0.2) is 23.1 Å². The van der Waals surface area contributed by atoms with E-state index in [4.69, 9.17) is 52.1 Å². The Hall–Kier alpha value is -2.52. The quantitative estimate of drug-likeness (QED) is 0.260. The predicted octanol–water partition coefficient (Wildman–Crippen LogP) is 4.05. The van der Waals surface area contributed by atoms with Crippen LogP contribution in [0.4, 0.5) is 11.4 Å². The molecule has 0 aromatic heterocycles. The molecule has 0 fully saturated rings. The molecule has 0 radical (unpaired) electrons. The van der Waals surface area contributed by atoms with Gasteiger partial charge in [0, 0.05) is 22.9 Å². The summed E-state index contributed by atoms with van der Waals surface area (Å²) in [5.41, 5.74) is 5.63. The number of nitro groups is 1. The van der Waals surface area contributed by atoms with Crippen LogP contribution >= 0.6 is 46.4 Å². The van der Waals surface area contributed by atoms with Crippen molar-refractivity contribution in [1.29, 1.82) is 0 Å². The smallest absolute Gasteiger partial charge is 0.280 e. The van der Waals surface area contributed by atoms with E-state index in [1.807, 2.05) is 0 Å². The fraction of sp³-hybridized carbons (Fsp3) is 0.200. The number of hydrogen-bond donors (Lipinski definition) is 1. The number of Topliss-reactive ketones (excluding diaryl/α,β-unsaturated/α-hetero) is 4. The van der Waals surface area contributed by atoms with E-state index in [1.165, 1.54) is 18.2 Å². The minimum absolute atomic E-state index is 0.0406. The second-order valence-electron chi connectivity index (χ2n) is 6.79. The molecule has 166 valence electrons. The third-order valence-electron chi connectivity index (χ3n) is 4.88. The van der Waals surface area contributed by atoms with Gasteiger partial charge in [-0.25, -0.2) is 0 Å². The second-order valence-corrected chi connectivity index (χ2v) is 8.67. The number of hydrogen-bond acceptors (Lipinski definition) is 7. The molecule has 32 heavy (non-hydrogen) atoms. The van der Waals surface area contributed by atoms with Crippen LogP contribution in [0.25, 0.3) is 0 Å². The van der Waals surface area contributed by atoms with Crippen molar-refractivity contribution in [2.75, 3.05) is 5.73 Å². The van der Waals surface area contributed by atoms with Gasteiger partial charge in [0.25, 0.3) is 5.69 Å². The van der Waals surface area contributed by atoms with Crippen molar-refractivity contribution < 1.29 is 24.1 Å². The molecule has 2 aromatic carbocycles. The first-order chi connectivity index (χ1) is 15.0. The first-order valence-corrected chi connectivity index (χ1v) is 10.6. The molecule has 0 amide bonds. The maximum Gasteiger partial charge on any atom is 0.280 e. The van der Waals surface area contributed by atoms with Crippen LogP contribution in [-0.4, -0.2) is 49.6 Å². The molecule has 0 aliphatic heterocycles. The lowest BCUT2D eigenvalue weighted by molar-refractivity contribution is -0.385. The normalized spacial score (nSPS) is 24.2. The Morgan fingerprint density at radius 2 is 1.09 bits per heavy atom. The summed E-state index contributed by atoms with van der Waals surface area (Å²) >= 11 is 22.9. The number of anilines is 1. The van der Waals surface area contributed by atoms with E-state index in [0.717, 1.165) is 6.07 Å². The number of carbonyl (C=O) groups excluding carboxylic acids is 4. The van der Waals surface area contributed by atoms with Gasteiger partial charge in [-0.2, -0.15) is 0 Å². The first-order valence-electron chi connectivity index (χ1n) is 8.88. The van der Waals surface area contributed by atoms with Crippen molar-refractivity contribution in [1.82, 2.24) is 0 Å². The summed E-state index contributed by atoms with van der Waals surface area (Å²) in [5.74, 6) is -1.98. The Labute approximate surface area is 200 Å². The number of benzene rings is 2. The van der Waals surface area contributed by atoms with E-state index in [2.05, 4.69) is 0 Å². The average Bonchev–Trinajstić information content (AvgIpc) is 2.78. The lowest BCUT2D eigenvalue weighted by atomic mass is 9.88. The highest BCUT2D eigenvalue weighted by molar-refractivity contribution is 6.50. The summed E-state index contributed by atoms with van der Waals surface area (Å²) in [5, 5.41) is 6.29. The topological polar surface area (TPSA) is 137 Å². The number of nitro benzene ring substituents is 1. The van der Waals surface area contributed by atoms with Crippen molar-refractivity contribution in [3.8, 4) is 0 Å². The van der Waals surface area contributed by atoms with Crippen LogP contribution in [0.5, 0.6) is 0 Å². The van der Waals surface area contributed by atoms with Crippen molar-refractivity contribution in [2.24, 2.45) is 0 Å².